The molecule has 0 radical (unpaired) electrons. The predicted molar refractivity (Wildman–Crippen MR) is 68.9 cm³/mol. The molecule has 0 bridgehead atoms. The Kier molecular flexibility index (Phi) is 5.38. The maximum atomic E-state index is 13.4. The van der Waals surface area contributed by atoms with Gasteiger partial charge in [-0.1, -0.05) is 13.8 Å². The van der Waals surface area contributed by atoms with Crippen molar-refractivity contribution in [3.8, 4) is 0 Å². The zero-order chi connectivity index (χ0) is 15.3. The first kappa shape index (κ1) is 16.3. The van der Waals surface area contributed by atoms with E-state index in [9.17, 15) is 23.1 Å². The molecule has 1 rings (SSSR count). The van der Waals surface area contributed by atoms with Crippen molar-refractivity contribution in [3.63, 3.8) is 0 Å². The molecule has 2 amide bonds. The van der Waals surface area contributed by atoms with Crippen molar-refractivity contribution in [2.45, 2.75) is 32.2 Å². The van der Waals surface area contributed by atoms with Crippen molar-refractivity contribution in [2.75, 3.05) is 11.9 Å². The van der Waals surface area contributed by atoms with Gasteiger partial charge in [0.1, 0.15) is 0 Å². The highest BCUT2D eigenvalue weighted by Crippen LogP contribution is 2.20. The van der Waals surface area contributed by atoms with Crippen LogP contribution in [-0.4, -0.2) is 23.3 Å². The predicted octanol–water partition coefficient (Wildman–Crippen LogP) is 2.78. The number of aliphatic hydroxyl groups excluding tert-OH is 1. The molecular weight excluding hydrogens is 273 g/mol. The second kappa shape index (κ2) is 6.60. The van der Waals surface area contributed by atoms with Crippen molar-refractivity contribution in [3.05, 3.63) is 29.6 Å². The third-order valence-electron chi connectivity index (χ3n) is 3.32. The standard InChI is InChI=1S/C13H17F3N2O2/c1-3-13(4-2,7-19)18-12(20)17-9-6-5-8(14)10(15)11(9)16/h5-6,19H,3-4,7H2,1-2H3,(H2,17,18,20). The molecule has 0 saturated carbocycles. The van der Waals surface area contributed by atoms with Crippen LogP contribution >= 0.6 is 0 Å². The molecule has 0 unspecified atom stereocenters. The number of hydrogen-bond acceptors (Lipinski definition) is 2. The zero-order valence-corrected chi connectivity index (χ0v) is 11.3. The van der Waals surface area contributed by atoms with Gasteiger partial charge in [0.05, 0.1) is 17.8 Å². The molecule has 7 heteroatoms. The Morgan fingerprint density at radius 2 is 1.80 bits per heavy atom. The monoisotopic (exact) mass is 290 g/mol. The third-order valence-corrected chi connectivity index (χ3v) is 3.32. The van der Waals surface area contributed by atoms with Gasteiger partial charge in [0.15, 0.2) is 17.5 Å². The van der Waals surface area contributed by atoms with E-state index in [1.807, 2.05) is 0 Å². The highest BCUT2D eigenvalue weighted by atomic mass is 19.2. The number of halogens is 3. The summed E-state index contributed by atoms with van der Waals surface area (Å²) in [5, 5.41) is 13.9. The van der Waals surface area contributed by atoms with Gasteiger partial charge in [-0.15, -0.1) is 0 Å². The van der Waals surface area contributed by atoms with Gasteiger partial charge in [-0.05, 0) is 25.0 Å². The Balaban J connectivity index is 2.84. The average Bonchev–Trinajstić information content (AvgIpc) is 2.45. The number of hydrogen-bond donors (Lipinski definition) is 3. The van der Waals surface area contributed by atoms with Crippen LogP contribution in [0.4, 0.5) is 23.7 Å². The van der Waals surface area contributed by atoms with E-state index in [-0.39, 0.29) is 6.61 Å². The minimum absolute atomic E-state index is 0.284. The molecular formula is C13H17F3N2O2. The van der Waals surface area contributed by atoms with Crippen LogP contribution in [0.15, 0.2) is 12.1 Å². The lowest BCUT2D eigenvalue weighted by atomic mass is 9.94. The van der Waals surface area contributed by atoms with Crippen molar-refractivity contribution >= 4 is 11.7 Å². The molecule has 3 N–H and O–H groups in total. The first-order valence-electron chi connectivity index (χ1n) is 6.22. The van der Waals surface area contributed by atoms with E-state index >= 15 is 0 Å². The minimum atomic E-state index is -1.65. The molecule has 0 aliphatic carbocycles. The van der Waals surface area contributed by atoms with E-state index in [0.717, 1.165) is 6.07 Å². The van der Waals surface area contributed by atoms with Gasteiger partial charge in [-0.2, -0.15) is 0 Å². The second-order valence-electron chi connectivity index (χ2n) is 4.45. The summed E-state index contributed by atoms with van der Waals surface area (Å²) in [6, 6.07) is 0.839. The number of urea groups is 1. The number of aliphatic hydroxyl groups is 1. The van der Waals surface area contributed by atoms with Crippen LogP contribution in [0.25, 0.3) is 0 Å². The highest BCUT2D eigenvalue weighted by Gasteiger charge is 2.27. The summed E-state index contributed by atoms with van der Waals surface area (Å²) in [7, 11) is 0. The van der Waals surface area contributed by atoms with Crippen LogP contribution in [0.3, 0.4) is 0 Å². The zero-order valence-electron chi connectivity index (χ0n) is 11.3. The van der Waals surface area contributed by atoms with E-state index in [0.29, 0.717) is 18.9 Å². The maximum Gasteiger partial charge on any atom is 0.319 e. The van der Waals surface area contributed by atoms with Crippen LogP contribution in [-0.2, 0) is 0 Å². The second-order valence-corrected chi connectivity index (χ2v) is 4.45. The molecule has 0 heterocycles. The van der Waals surface area contributed by atoms with E-state index in [2.05, 4.69) is 10.6 Å². The lowest BCUT2D eigenvalue weighted by Crippen LogP contribution is -2.52. The first-order valence-corrected chi connectivity index (χ1v) is 6.22. The molecule has 4 nitrogen and oxygen atoms in total. The Bertz CT molecular complexity index is 482. The molecule has 0 aliphatic heterocycles. The van der Waals surface area contributed by atoms with Crippen LogP contribution in [0.2, 0.25) is 0 Å². The number of carbonyl (C=O) groups is 1. The smallest absolute Gasteiger partial charge is 0.319 e. The van der Waals surface area contributed by atoms with Gasteiger partial charge in [0.25, 0.3) is 0 Å². The van der Waals surface area contributed by atoms with Crippen molar-refractivity contribution < 1.29 is 23.1 Å². The van der Waals surface area contributed by atoms with Gasteiger partial charge in [0.2, 0.25) is 0 Å². The highest BCUT2D eigenvalue weighted by molar-refractivity contribution is 5.89. The molecule has 0 saturated heterocycles. The summed E-state index contributed by atoms with van der Waals surface area (Å²) in [6.45, 7) is 3.27. The summed E-state index contributed by atoms with van der Waals surface area (Å²) in [6.07, 6.45) is 0.932. The Labute approximate surface area is 115 Å². The van der Waals surface area contributed by atoms with Crippen LogP contribution in [0.5, 0.6) is 0 Å². The number of benzene rings is 1. The lowest BCUT2D eigenvalue weighted by Gasteiger charge is -2.30. The Hall–Kier alpha value is -1.76. The van der Waals surface area contributed by atoms with Crippen LogP contribution in [0.1, 0.15) is 26.7 Å². The quantitative estimate of drug-likeness (QED) is 0.730. The SMILES string of the molecule is CCC(CC)(CO)NC(=O)Nc1ccc(F)c(F)c1F. The van der Waals surface area contributed by atoms with Gasteiger partial charge in [-0.25, -0.2) is 18.0 Å². The molecule has 112 valence electrons. The fourth-order valence-electron chi connectivity index (χ4n) is 1.71. The number of rotatable bonds is 5. The largest absolute Gasteiger partial charge is 0.394 e. The summed E-state index contributed by atoms with van der Waals surface area (Å²) in [4.78, 5) is 11.7. The van der Waals surface area contributed by atoms with Gasteiger partial charge < -0.3 is 15.7 Å². The summed E-state index contributed by atoms with van der Waals surface area (Å²) < 4.78 is 39.2. The number of anilines is 1. The minimum Gasteiger partial charge on any atom is -0.394 e. The summed E-state index contributed by atoms with van der Waals surface area (Å²) in [5.74, 6) is -4.45. The fourth-order valence-corrected chi connectivity index (χ4v) is 1.71. The average molecular weight is 290 g/mol. The molecule has 0 spiro atoms. The molecule has 0 fully saturated rings. The van der Waals surface area contributed by atoms with Crippen LogP contribution in [0, 0.1) is 17.5 Å². The van der Waals surface area contributed by atoms with Crippen molar-refractivity contribution in [1.29, 1.82) is 0 Å². The number of carbonyl (C=O) groups excluding carboxylic acids is 1. The van der Waals surface area contributed by atoms with Gasteiger partial charge >= 0.3 is 6.03 Å². The molecule has 0 aromatic heterocycles. The van der Waals surface area contributed by atoms with E-state index in [1.54, 1.807) is 13.8 Å². The third kappa shape index (κ3) is 3.41. The van der Waals surface area contributed by atoms with Gasteiger partial charge in [0, 0.05) is 0 Å². The van der Waals surface area contributed by atoms with E-state index in [1.165, 1.54) is 0 Å². The molecule has 20 heavy (non-hydrogen) atoms. The molecule has 0 aliphatic rings. The molecule has 1 aromatic carbocycles. The fraction of sp³-hybridized carbons (Fsp3) is 0.462. The summed E-state index contributed by atoms with van der Waals surface area (Å²) >= 11 is 0. The molecule has 1 aromatic rings. The molecule has 0 atom stereocenters. The first-order chi connectivity index (χ1) is 9.39. The van der Waals surface area contributed by atoms with Crippen molar-refractivity contribution in [2.24, 2.45) is 0 Å². The number of nitrogens with one attached hydrogen (secondary N) is 2. The summed E-state index contributed by atoms with van der Waals surface area (Å²) in [5.41, 5.74) is -1.31. The maximum absolute atomic E-state index is 13.4. The number of amides is 2. The Morgan fingerprint density at radius 3 is 2.30 bits per heavy atom. The van der Waals surface area contributed by atoms with E-state index < -0.39 is 34.7 Å². The topological polar surface area (TPSA) is 61.4 Å². The lowest BCUT2D eigenvalue weighted by molar-refractivity contribution is 0.155. The van der Waals surface area contributed by atoms with Gasteiger partial charge in [-0.3, -0.25) is 0 Å². The normalized spacial score (nSPS) is 11.3. The Morgan fingerprint density at radius 1 is 1.20 bits per heavy atom. The van der Waals surface area contributed by atoms with Crippen LogP contribution < -0.4 is 10.6 Å². The van der Waals surface area contributed by atoms with E-state index in [4.69, 9.17) is 0 Å². The van der Waals surface area contributed by atoms with Crippen molar-refractivity contribution in [1.82, 2.24) is 5.32 Å².